The molecule has 0 amide bonds. The molecule has 0 saturated heterocycles. The van der Waals surface area contributed by atoms with Crippen molar-refractivity contribution in [2.24, 2.45) is 0 Å². The van der Waals surface area contributed by atoms with Crippen molar-refractivity contribution in [2.45, 2.75) is 6.92 Å². The fraction of sp³-hybridized carbons (Fsp3) is 0.0556. The van der Waals surface area contributed by atoms with Crippen molar-refractivity contribution in [3.05, 3.63) is 80.6 Å². The fourth-order valence-electron chi connectivity index (χ4n) is 2.55. The summed E-state index contributed by atoms with van der Waals surface area (Å²) in [5, 5.41) is 8.31. The van der Waals surface area contributed by atoms with Crippen molar-refractivity contribution in [1.29, 1.82) is 0 Å². The number of fused-ring (bicyclic) bond motifs is 1. The van der Waals surface area contributed by atoms with Crippen LogP contribution in [0.25, 0.3) is 22.4 Å². The van der Waals surface area contributed by atoms with Crippen molar-refractivity contribution in [2.75, 3.05) is 0 Å². The molecule has 0 N–H and O–H groups in total. The van der Waals surface area contributed by atoms with Gasteiger partial charge in [0.05, 0.1) is 4.53 Å². The second-order valence-electron chi connectivity index (χ2n) is 5.34. The Hall–Kier alpha value is -2.79. The molecule has 0 bridgehead atoms. The Morgan fingerprint density at radius 3 is 2.65 bits per heavy atom. The molecule has 0 aliphatic rings. The van der Waals surface area contributed by atoms with E-state index in [0.29, 0.717) is 15.3 Å². The second kappa shape index (κ2) is 5.44. The first kappa shape index (κ1) is 13.8. The smallest absolute Gasteiger partial charge is 0.267 e. The van der Waals surface area contributed by atoms with Gasteiger partial charge in [-0.3, -0.25) is 4.79 Å². The fourth-order valence-corrected chi connectivity index (χ4v) is 3.46. The summed E-state index contributed by atoms with van der Waals surface area (Å²) in [6, 6.07) is 17.7. The molecule has 112 valence electrons. The molecular weight excluding hydrogens is 306 g/mol. The highest BCUT2D eigenvalue weighted by molar-refractivity contribution is 7.15. The molecule has 2 heterocycles. The first-order chi connectivity index (χ1) is 11.2. The lowest BCUT2D eigenvalue weighted by atomic mass is 10.1. The summed E-state index contributed by atoms with van der Waals surface area (Å²) >= 11 is 1.36. The zero-order valence-electron chi connectivity index (χ0n) is 12.4. The highest BCUT2D eigenvalue weighted by Gasteiger charge is 2.13. The number of hydrogen-bond acceptors (Lipinski definition) is 4. The monoisotopic (exact) mass is 319 g/mol. The predicted octanol–water partition coefficient (Wildman–Crippen LogP) is 2.67. The zero-order valence-corrected chi connectivity index (χ0v) is 13.2. The normalized spacial score (nSPS) is 12.1. The molecule has 0 atom stereocenters. The molecule has 0 saturated carbocycles. The van der Waals surface area contributed by atoms with E-state index in [1.165, 1.54) is 16.9 Å². The van der Waals surface area contributed by atoms with Crippen LogP contribution in [0.1, 0.15) is 11.1 Å². The molecule has 0 unspecified atom stereocenters. The van der Waals surface area contributed by atoms with Gasteiger partial charge in [0.1, 0.15) is 0 Å². The number of aryl methyl sites for hydroxylation is 1. The lowest BCUT2D eigenvalue weighted by molar-refractivity contribution is 1.09. The third kappa shape index (κ3) is 2.45. The van der Waals surface area contributed by atoms with Crippen LogP contribution >= 0.6 is 11.3 Å². The van der Waals surface area contributed by atoms with E-state index in [0.717, 1.165) is 11.1 Å². The molecule has 4 nitrogen and oxygen atoms in total. The van der Waals surface area contributed by atoms with Gasteiger partial charge in [-0.1, -0.05) is 71.5 Å². The molecule has 0 aliphatic heterocycles. The quantitative estimate of drug-likeness (QED) is 0.571. The number of hydrogen-bond donors (Lipinski definition) is 0. The van der Waals surface area contributed by atoms with E-state index < -0.39 is 0 Å². The highest BCUT2D eigenvalue weighted by atomic mass is 32.1. The Balaban J connectivity index is 1.93. The molecule has 4 aromatic rings. The summed E-state index contributed by atoms with van der Waals surface area (Å²) in [4.78, 5) is 13.4. The molecule has 0 radical (unpaired) electrons. The van der Waals surface area contributed by atoms with Gasteiger partial charge < -0.3 is 0 Å². The van der Waals surface area contributed by atoms with Gasteiger partial charge in [-0.05, 0) is 18.6 Å². The molecule has 0 aliphatic carbocycles. The Kier molecular flexibility index (Phi) is 3.28. The SMILES string of the molecule is Cc1cccc(C=c2sc3nnc(-c4ccccc4)n3c2=O)c1. The summed E-state index contributed by atoms with van der Waals surface area (Å²) in [7, 11) is 0. The topological polar surface area (TPSA) is 47.3 Å². The van der Waals surface area contributed by atoms with Gasteiger partial charge in [-0.2, -0.15) is 0 Å². The minimum atomic E-state index is -0.0737. The van der Waals surface area contributed by atoms with Gasteiger partial charge in [-0.15, -0.1) is 10.2 Å². The standard InChI is InChI=1S/C18H13N3OS/c1-12-6-5-7-13(10-12)11-15-17(22)21-16(19-20-18(21)23-15)14-8-3-2-4-9-14/h2-11H,1H3. The van der Waals surface area contributed by atoms with Crippen LogP contribution in [0, 0.1) is 6.92 Å². The van der Waals surface area contributed by atoms with E-state index in [1.807, 2.05) is 61.5 Å². The molecular formula is C18H13N3OS. The lowest BCUT2D eigenvalue weighted by Crippen LogP contribution is -2.23. The summed E-state index contributed by atoms with van der Waals surface area (Å²) in [5.74, 6) is 0.589. The van der Waals surface area contributed by atoms with Crippen LogP contribution in [0.3, 0.4) is 0 Å². The molecule has 2 aromatic carbocycles. The summed E-state index contributed by atoms with van der Waals surface area (Å²) in [5.41, 5.74) is 2.99. The maximum Gasteiger partial charge on any atom is 0.276 e. The van der Waals surface area contributed by atoms with Crippen molar-refractivity contribution >= 4 is 22.4 Å². The van der Waals surface area contributed by atoms with Gasteiger partial charge in [0.2, 0.25) is 4.96 Å². The maximum absolute atomic E-state index is 12.7. The Morgan fingerprint density at radius 2 is 1.87 bits per heavy atom. The summed E-state index contributed by atoms with van der Waals surface area (Å²) in [6.45, 7) is 2.04. The Bertz CT molecular complexity index is 1100. The van der Waals surface area contributed by atoms with Crippen molar-refractivity contribution < 1.29 is 0 Å². The van der Waals surface area contributed by atoms with Gasteiger partial charge in [0, 0.05) is 5.56 Å². The van der Waals surface area contributed by atoms with Crippen LogP contribution in [-0.4, -0.2) is 14.6 Å². The van der Waals surface area contributed by atoms with E-state index in [1.54, 1.807) is 4.40 Å². The molecule has 2 aromatic heterocycles. The first-order valence-corrected chi connectivity index (χ1v) is 8.06. The van der Waals surface area contributed by atoms with Crippen LogP contribution in [0.5, 0.6) is 0 Å². The van der Waals surface area contributed by atoms with Crippen LogP contribution in [0.4, 0.5) is 0 Å². The molecule has 23 heavy (non-hydrogen) atoms. The number of benzene rings is 2. The van der Waals surface area contributed by atoms with E-state index in [9.17, 15) is 4.79 Å². The number of aromatic nitrogens is 3. The van der Waals surface area contributed by atoms with Gasteiger partial charge in [0.25, 0.3) is 5.56 Å². The van der Waals surface area contributed by atoms with Crippen LogP contribution in [-0.2, 0) is 0 Å². The third-order valence-electron chi connectivity index (χ3n) is 3.62. The maximum atomic E-state index is 12.7. The third-order valence-corrected chi connectivity index (χ3v) is 4.58. The molecule has 5 heteroatoms. The minimum Gasteiger partial charge on any atom is -0.267 e. The van der Waals surface area contributed by atoms with Crippen LogP contribution in [0.2, 0.25) is 0 Å². The van der Waals surface area contributed by atoms with Crippen molar-refractivity contribution in [3.8, 4) is 11.4 Å². The predicted molar refractivity (Wildman–Crippen MR) is 92.5 cm³/mol. The number of nitrogens with zero attached hydrogens (tertiary/aromatic N) is 3. The molecule has 0 spiro atoms. The van der Waals surface area contributed by atoms with Gasteiger partial charge in [-0.25, -0.2) is 4.40 Å². The van der Waals surface area contributed by atoms with Crippen molar-refractivity contribution in [3.63, 3.8) is 0 Å². The van der Waals surface area contributed by atoms with Gasteiger partial charge in [0.15, 0.2) is 5.82 Å². The Morgan fingerprint density at radius 1 is 1.04 bits per heavy atom. The average molecular weight is 319 g/mol. The molecule has 0 fully saturated rings. The highest BCUT2D eigenvalue weighted by Crippen LogP contribution is 2.17. The van der Waals surface area contributed by atoms with E-state index >= 15 is 0 Å². The van der Waals surface area contributed by atoms with E-state index in [2.05, 4.69) is 16.3 Å². The Labute approximate surface area is 136 Å². The van der Waals surface area contributed by atoms with E-state index in [-0.39, 0.29) is 5.56 Å². The van der Waals surface area contributed by atoms with Crippen LogP contribution < -0.4 is 10.1 Å². The molecule has 4 rings (SSSR count). The summed E-state index contributed by atoms with van der Waals surface area (Å²) < 4.78 is 2.25. The van der Waals surface area contributed by atoms with Crippen LogP contribution in [0.15, 0.2) is 59.4 Å². The number of thiazole rings is 1. The summed E-state index contributed by atoms with van der Waals surface area (Å²) in [6.07, 6.45) is 1.91. The second-order valence-corrected chi connectivity index (χ2v) is 6.35. The van der Waals surface area contributed by atoms with Gasteiger partial charge >= 0.3 is 0 Å². The van der Waals surface area contributed by atoms with Crippen molar-refractivity contribution in [1.82, 2.24) is 14.6 Å². The lowest BCUT2D eigenvalue weighted by Gasteiger charge is -1.95. The zero-order chi connectivity index (χ0) is 15.8. The van der Waals surface area contributed by atoms with E-state index in [4.69, 9.17) is 0 Å². The first-order valence-electron chi connectivity index (χ1n) is 7.24. The largest absolute Gasteiger partial charge is 0.276 e. The number of rotatable bonds is 2. The minimum absolute atomic E-state index is 0.0737. The average Bonchev–Trinajstić information content (AvgIpc) is 3.10.